The number of nitrogens with one attached hydrogen (secondary N) is 1. The number of methoxy groups -OCH3 is 1. The third-order valence-electron chi connectivity index (χ3n) is 2.39. The quantitative estimate of drug-likeness (QED) is 0.818. The number of rotatable bonds is 3. The Kier molecular flexibility index (Phi) is 4.60. The topological polar surface area (TPSA) is 51.2 Å². The zero-order valence-electron chi connectivity index (χ0n) is 9.98. The summed E-state index contributed by atoms with van der Waals surface area (Å²) in [4.78, 5) is 16.2. The van der Waals surface area contributed by atoms with Gasteiger partial charge in [-0.3, -0.25) is 4.79 Å². The van der Waals surface area contributed by atoms with Crippen LogP contribution in [0.5, 0.6) is 5.88 Å². The van der Waals surface area contributed by atoms with Crippen LogP contribution in [-0.2, 0) is 0 Å². The molecule has 4 nitrogen and oxygen atoms in total. The highest BCUT2D eigenvalue weighted by atomic mass is 127. The smallest absolute Gasteiger partial charge is 0.261 e. The second-order valence-corrected chi connectivity index (χ2v) is 5.24. The van der Waals surface area contributed by atoms with E-state index in [0.29, 0.717) is 22.2 Å². The summed E-state index contributed by atoms with van der Waals surface area (Å²) in [6.45, 7) is 0. The van der Waals surface area contributed by atoms with E-state index in [0.717, 1.165) is 3.57 Å². The normalized spacial score (nSPS) is 10.1. The monoisotopic (exact) mass is 388 g/mol. The molecule has 2 rings (SSSR count). The second kappa shape index (κ2) is 6.21. The van der Waals surface area contributed by atoms with Gasteiger partial charge in [0.2, 0.25) is 5.88 Å². The maximum absolute atomic E-state index is 12.2. The number of pyridine rings is 1. The number of ether oxygens (including phenoxy) is 1. The van der Waals surface area contributed by atoms with E-state index in [2.05, 4.69) is 32.9 Å². The van der Waals surface area contributed by atoms with Gasteiger partial charge in [-0.25, -0.2) is 4.98 Å². The predicted molar refractivity (Wildman–Crippen MR) is 82.9 cm³/mol. The number of halogens is 2. The lowest BCUT2D eigenvalue weighted by atomic mass is 10.2. The fraction of sp³-hybridized carbons (Fsp3) is 0.0769. The van der Waals surface area contributed by atoms with Gasteiger partial charge in [0, 0.05) is 14.8 Å². The molecule has 98 valence electrons. The van der Waals surface area contributed by atoms with Crippen LogP contribution in [0.15, 0.2) is 36.5 Å². The Labute approximate surface area is 129 Å². The Morgan fingerprint density at radius 3 is 2.89 bits per heavy atom. The number of benzene rings is 1. The molecule has 0 spiro atoms. The fourth-order valence-electron chi connectivity index (χ4n) is 1.51. The van der Waals surface area contributed by atoms with Gasteiger partial charge in [0.15, 0.2) is 0 Å². The van der Waals surface area contributed by atoms with Crippen LogP contribution < -0.4 is 10.1 Å². The summed E-state index contributed by atoms with van der Waals surface area (Å²) < 4.78 is 5.92. The molecule has 1 heterocycles. The van der Waals surface area contributed by atoms with Gasteiger partial charge in [-0.05, 0) is 52.9 Å². The van der Waals surface area contributed by atoms with Gasteiger partial charge in [-0.1, -0.05) is 11.6 Å². The van der Waals surface area contributed by atoms with Gasteiger partial charge < -0.3 is 10.1 Å². The molecule has 1 aromatic heterocycles. The molecule has 1 aromatic carbocycles. The Hall–Kier alpha value is -1.34. The molecule has 0 atom stereocenters. The van der Waals surface area contributed by atoms with E-state index in [1.54, 1.807) is 36.5 Å². The molecule has 0 aliphatic heterocycles. The summed E-state index contributed by atoms with van der Waals surface area (Å²) in [5, 5.41) is 3.43. The van der Waals surface area contributed by atoms with Crippen LogP contribution in [0, 0.1) is 3.57 Å². The van der Waals surface area contributed by atoms with Crippen LogP contribution in [0.3, 0.4) is 0 Å². The number of hydrogen-bond acceptors (Lipinski definition) is 3. The highest BCUT2D eigenvalue weighted by Gasteiger charge is 2.14. The molecule has 0 saturated heterocycles. The Bertz CT molecular complexity index is 619. The first-order valence-corrected chi connectivity index (χ1v) is 6.83. The molecular weight excluding hydrogens is 379 g/mol. The van der Waals surface area contributed by atoms with E-state index in [4.69, 9.17) is 16.3 Å². The van der Waals surface area contributed by atoms with Gasteiger partial charge in [0.1, 0.15) is 5.56 Å². The molecule has 0 unspecified atom stereocenters. The molecule has 1 N–H and O–H groups in total. The van der Waals surface area contributed by atoms with Crippen LogP contribution in [0.25, 0.3) is 0 Å². The summed E-state index contributed by atoms with van der Waals surface area (Å²) in [6, 6.07) is 8.59. The maximum Gasteiger partial charge on any atom is 0.261 e. The van der Waals surface area contributed by atoms with Crippen molar-refractivity contribution >= 4 is 45.8 Å². The number of carbonyl (C=O) groups is 1. The van der Waals surface area contributed by atoms with Crippen molar-refractivity contribution in [3.05, 3.63) is 50.7 Å². The van der Waals surface area contributed by atoms with Crippen molar-refractivity contribution in [3.63, 3.8) is 0 Å². The molecule has 0 radical (unpaired) electrons. The van der Waals surface area contributed by atoms with E-state index in [1.165, 1.54) is 7.11 Å². The molecule has 0 aliphatic carbocycles. The molecule has 6 heteroatoms. The first kappa shape index (κ1) is 14.1. The number of carbonyl (C=O) groups excluding carboxylic acids is 1. The number of amides is 1. The van der Waals surface area contributed by atoms with Gasteiger partial charge in [-0.15, -0.1) is 0 Å². The highest BCUT2D eigenvalue weighted by Crippen LogP contribution is 2.23. The van der Waals surface area contributed by atoms with Crippen molar-refractivity contribution in [2.24, 2.45) is 0 Å². The maximum atomic E-state index is 12.2. The third-order valence-corrected chi connectivity index (χ3v) is 3.52. The Morgan fingerprint density at radius 1 is 1.42 bits per heavy atom. The first-order valence-electron chi connectivity index (χ1n) is 5.37. The van der Waals surface area contributed by atoms with E-state index in [9.17, 15) is 4.79 Å². The molecule has 19 heavy (non-hydrogen) atoms. The van der Waals surface area contributed by atoms with Crippen LogP contribution in [0.1, 0.15) is 10.4 Å². The number of anilines is 1. The van der Waals surface area contributed by atoms with Crippen LogP contribution in [0.2, 0.25) is 5.02 Å². The lowest BCUT2D eigenvalue weighted by molar-refractivity contribution is 0.102. The molecule has 0 fully saturated rings. The van der Waals surface area contributed by atoms with Gasteiger partial charge in [0.05, 0.1) is 12.8 Å². The van der Waals surface area contributed by atoms with E-state index in [1.807, 2.05) is 0 Å². The first-order chi connectivity index (χ1) is 9.11. The van der Waals surface area contributed by atoms with Crippen molar-refractivity contribution < 1.29 is 9.53 Å². The van der Waals surface area contributed by atoms with Crippen LogP contribution >= 0.6 is 34.2 Å². The minimum absolute atomic E-state index is 0.273. The standard InChI is InChI=1S/C13H10ClIN2O2/c1-19-13-9(3-2-6-16-13)12(18)17-11-5-4-8(14)7-10(11)15/h2-7H,1H3,(H,17,18). The Balaban J connectivity index is 2.26. The molecular formula is C13H10ClIN2O2. The van der Waals surface area contributed by atoms with E-state index in [-0.39, 0.29) is 5.91 Å². The minimum Gasteiger partial charge on any atom is -0.480 e. The lowest BCUT2D eigenvalue weighted by Crippen LogP contribution is -2.14. The number of aromatic nitrogens is 1. The summed E-state index contributed by atoms with van der Waals surface area (Å²) in [7, 11) is 1.48. The van der Waals surface area contributed by atoms with Gasteiger partial charge in [-0.2, -0.15) is 0 Å². The second-order valence-electron chi connectivity index (χ2n) is 3.64. The van der Waals surface area contributed by atoms with Crippen molar-refractivity contribution in [3.8, 4) is 5.88 Å². The molecule has 1 amide bonds. The van der Waals surface area contributed by atoms with Gasteiger partial charge >= 0.3 is 0 Å². The van der Waals surface area contributed by atoms with Crippen molar-refractivity contribution in [2.75, 3.05) is 12.4 Å². The summed E-state index contributed by atoms with van der Waals surface area (Å²) >= 11 is 7.98. The summed E-state index contributed by atoms with van der Waals surface area (Å²) in [5.41, 5.74) is 1.08. The van der Waals surface area contributed by atoms with Crippen molar-refractivity contribution in [2.45, 2.75) is 0 Å². The third kappa shape index (κ3) is 3.36. The van der Waals surface area contributed by atoms with Gasteiger partial charge in [0.25, 0.3) is 5.91 Å². The van der Waals surface area contributed by atoms with Crippen molar-refractivity contribution in [1.29, 1.82) is 0 Å². The number of nitrogens with zero attached hydrogens (tertiary/aromatic N) is 1. The lowest BCUT2D eigenvalue weighted by Gasteiger charge is -2.09. The predicted octanol–water partition coefficient (Wildman–Crippen LogP) is 3.60. The average Bonchev–Trinajstić information content (AvgIpc) is 2.41. The molecule has 0 bridgehead atoms. The van der Waals surface area contributed by atoms with E-state index < -0.39 is 0 Å². The fourth-order valence-corrected chi connectivity index (χ4v) is 2.51. The largest absolute Gasteiger partial charge is 0.480 e. The van der Waals surface area contributed by atoms with Crippen LogP contribution in [0.4, 0.5) is 5.69 Å². The number of hydrogen-bond donors (Lipinski definition) is 1. The molecule has 0 aliphatic rings. The SMILES string of the molecule is COc1ncccc1C(=O)Nc1ccc(Cl)cc1I. The summed E-state index contributed by atoms with van der Waals surface area (Å²) in [6.07, 6.45) is 1.57. The average molecular weight is 389 g/mol. The Morgan fingerprint density at radius 2 is 2.21 bits per heavy atom. The summed E-state index contributed by atoms with van der Waals surface area (Å²) in [5.74, 6) is 0.0224. The van der Waals surface area contributed by atoms with Crippen molar-refractivity contribution in [1.82, 2.24) is 4.98 Å². The molecule has 0 saturated carbocycles. The minimum atomic E-state index is -0.273. The van der Waals surface area contributed by atoms with E-state index >= 15 is 0 Å². The molecule has 2 aromatic rings. The zero-order chi connectivity index (χ0) is 13.8. The zero-order valence-corrected chi connectivity index (χ0v) is 12.9. The van der Waals surface area contributed by atoms with Crippen LogP contribution in [-0.4, -0.2) is 18.0 Å². The highest BCUT2D eigenvalue weighted by molar-refractivity contribution is 14.1.